The van der Waals surface area contributed by atoms with Gasteiger partial charge in [-0.3, -0.25) is 0 Å². The Balaban J connectivity index is 4.84. The van der Waals surface area contributed by atoms with Crippen molar-refractivity contribution in [1.82, 2.24) is 4.90 Å². The van der Waals surface area contributed by atoms with Crippen molar-refractivity contribution in [3.05, 3.63) is 72.6 Å². The van der Waals surface area contributed by atoms with Crippen LogP contribution in [-0.2, 0) is 4.18 Å². The molecule has 0 aliphatic heterocycles. The van der Waals surface area contributed by atoms with E-state index < -0.39 is 0 Å². The van der Waals surface area contributed by atoms with Crippen LogP contribution in [0.5, 0.6) is 0 Å². The van der Waals surface area contributed by atoms with E-state index in [4.69, 9.17) is 4.18 Å². The molecule has 0 rings (SSSR count). The highest BCUT2D eigenvalue weighted by Gasteiger charge is 1.98. The molecule has 0 N–H and O–H groups in total. The van der Waals surface area contributed by atoms with Gasteiger partial charge in [0.1, 0.15) is 11.6 Å². The first-order chi connectivity index (χ1) is 11.1. The van der Waals surface area contributed by atoms with Crippen LogP contribution in [0.4, 0.5) is 0 Å². The third-order valence-corrected chi connectivity index (χ3v) is 3.07. The molecular weight excluding hydrogens is 304 g/mol. The molecule has 0 aliphatic carbocycles. The molecule has 0 aromatic rings. The fourth-order valence-electron chi connectivity index (χ4n) is 1.63. The lowest BCUT2D eigenvalue weighted by Crippen LogP contribution is -2.06. The highest BCUT2D eigenvalue weighted by Crippen LogP contribution is 2.11. The average Bonchev–Trinajstić information content (AvgIpc) is 2.55. The Morgan fingerprint density at radius 3 is 2.48 bits per heavy atom. The number of aliphatic imine (C=N–C) groups is 1. The predicted octanol–water partition coefficient (Wildman–Crippen LogP) is 5.99. The quantitative estimate of drug-likeness (QED) is 0.213. The van der Waals surface area contributed by atoms with E-state index in [0.717, 1.165) is 18.0 Å². The summed E-state index contributed by atoms with van der Waals surface area (Å²) in [5.74, 6) is 1.68. The lowest BCUT2D eigenvalue weighted by molar-refractivity contribution is 0.525. The molecule has 0 radical (unpaired) electrons. The van der Waals surface area contributed by atoms with Gasteiger partial charge in [-0.05, 0) is 45.9 Å². The van der Waals surface area contributed by atoms with Crippen molar-refractivity contribution < 1.29 is 4.18 Å². The van der Waals surface area contributed by atoms with E-state index in [1.165, 1.54) is 17.6 Å². The van der Waals surface area contributed by atoms with E-state index >= 15 is 0 Å². The zero-order chi connectivity index (χ0) is 17.5. The Morgan fingerprint density at radius 1 is 1.22 bits per heavy atom. The third-order valence-electron chi connectivity index (χ3n) is 2.71. The summed E-state index contributed by atoms with van der Waals surface area (Å²) in [6, 6.07) is 0. The van der Waals surface area contributed by atoms with E-state index in [9.17, 15) is 0 Å². The minimum Gasteiger partial charge on any atom is -0.426 e. The monoisotopic (exact) mass is 332 g/mol. The van der Waals surface area contributed by atoms with E-state index in [0.29, 0.717) is 0 Å². The van der Waals surface area contributed by atoms with Gasteiger partial charge in [0.15, 0.2) is 0 Å². The second kappa shape index (κ2) is 13.7. The summed E-state index contributed by atoms with van der Waals surface area (Å²) in [7, 11) is 0. The van der Waals surface area contributed by atoms with Crippen LogP contribution in [0, 0.1) is 0 Å². The van der Waals surface area contributed by atoms with Gasteiger partial charge >= 0.3 is 0 Å². The van der Waals surface area contributed by atoms with Crippen LogP contribution in [0.2, 0.25) is 0 Å². The molecule has 0 spiro atoms. The van der Waals surface area contributed by atoms with Crippen molar-refractivity contribution >= 4 is 18.3 Å². The van der Waals surface area contributed by atoms with Gasteiger partial charge in [0.25, 0.3) is 0 Å². The molecule has 126 valence electrons. The molecule has 23 heavy (non-hydrogen) atoms. The molecule has 0 atom stereocenters. The summed E-state index contributed by atoms with van der Waals surface area (Å²) >= 11 is 1.33. The van der Waals surface area contributed by atoms with Crippen molar-refractivity contribution in [1.29, 1.82) is 0 Å². The van der Waals surface area contributed by atoms with Gasteiger partial charge in [0.05, 0.1) is 12.0 Å². The van der Waals surface area contributed by atoms with E-state index in [2.05, 4.69) is 18.5 Å². The minimum atomic E-state index is 0.775. The second-order valence-electron chi connectivity index (χ2n) is 4.57. The van der Waals surface area contributed by atoms with Gasteiger partial charge in [-0.15, -0.1) is 0 Å². The van der Waals surface area contributed by atoms with Crippen molar-refractivity contribution in [2.75, 3.05) is 6.26 Å². The molecule has 0 aromatic heterocycles. The van der Waals surface area contributed by atoms with Gasteiger partial charge in [-0.25, -0.2) is 4.99 Å². The Bertz CT molecular complexity index is 525. The van der Waals surface area contributed by atoms with Crippen molar-refractivity contribution in [2.45, 2.75) is 34.1 Å². The maximum absolute atomic E-state index is 5.44. The number of hydrogen-bond donors (Lipinski definition) is 0. The van der Waals surface area contributed by atoms with Crippen LogP contribution in [-0.4, -0.2) is 17.4 Å². The number of hydrogen-bond acceptors (Lipinski definition) is 4. The Labute approximate surface area is 145 Å². The highest BCUT2D eigenvalue weighted by atomic mass is 32.2. The van der Waals surface area contributed by atoms with Gasteiger partial charge in [-0.1, -0.05) is 30.4 Å². The molecule has 0 aromatic carbocycles. The summed E-state index contributed by atoms with van der Waals surface area (Å²) in [5, 5.41) is 0. The minimum absolute atomic E-state index is 0.775. The maximum Gasteiger partial charge on any atom is 0.137 e. The van der Waals surface area contributed by atoms with E-state index in [-0.39, 0.29) is 0 Å². The number of nitrogens with zero attached hydrogens (tertiary/aromatic N) is 2. The van der Waals surface area contributed by atoms with Crippen LogP contribution in [0.25, 0.3) is 0 Å². The van der Waals surface area contributed by atoms with E-state index in [1.807, 2.05) is 80.8 Å². The van der Waals surface area contributed by atoms with Crippen LogP contribution >= 0.6 is 12.0 Å². The van der Waals surface area contributed by atoms with Gasteiger partial charge in [0, 0.05) is 31.3 Å². The zero-order valence-electron chi connectivity index (χ0n) is 14.8. The standard InChI is InChI=1S/C19H28N2OS/c1-7-11-18(22-23-6)13-12-17(5)14-15-20-19(9-3)21(10-4)16-8-2/h7-13,15-16H,4,14H2,1-3,5-6H3/b11-7-,16-8-,17-12+,18-13+,19-9+,20-15?. The summed E-state index contributed by atoms with van der Waals surface area (Å²) in [6.07, 6.45) is 20.0. The molecule has 0 aliphatic rings. The number of rotatable bonds is 10. The smallest absolute Gasteiger partial charge is 0.137 e. The SMILES string of the molecule is C=CN(/C=C\C)/C(=C/C)N=CC/C(C)=C/C=C(\C=C/C)OSC. The lowest BCUT2D eigenvalue weighted by atomic mass is 10.2. The Morgan fingerprint density at radius 2 is 1.96 bits per heavy atom. The molecule has 3 nitrogen and oxygen atoms in total. The molecule has 0 amide bonds. The molecular formula is C19H28N2OS. The van der Waals surface area contributed by atoms with Gasteiger partial charge in [0.2, 0.25) is 0 Å². The van der Waals surface area contributed by atoms with Crippen LogP contribution in [0.15, 0.2) is 77.6 Å². The second-order valence-corrected chi connectivity index (χ2v) is 5.07. The van der Waals surface area contributed by atoms with Crippen molar-refractivity contribution in [3.8, 4) is 0 Å². The highest BCUT2D eigenvalue weighted by molar-refractivity contribution is 7.94. The predicted molar refractivity (Wildman–Crippen MR) is 105 cm³/mol. The molecule has 0 fully saturated rings. The first-order valence-corrected chi connectivity index (χ1v) is 8.71. The fraction of sp³-hybridized carbons (Fsp3) is 0.316. The average molecular weight is 333 g/mol. The van der Waals surface area contributed by atoms with Crippen LogP contribution in [0.3, 0.4) is 0 Å². The topological polar surface area (TPSA) is 24.8 Å². The first-order valence-electron chi connectivity index (χ1n) is 7.56. The van der Waals surface area contributed by atoms with Crippen LogP contribution < -0.4 is 0 Å². The van der Waals surface area contributed by atoms with Crippen molar-refractivity contribution in [3.63, 3.8) is 0 Å². The third kappa shape index (κ3) is 9.63. The molecule has 0 unspecified atom stereocenters. The van der Waals surface area contributed by atoms with Gasteiger partial charge < -0.3 is 9.08 Å². The largest absolute Gasteiger partial charge is 0.426 e. The lowest BCUT2D eigenvalue weighted by Gasteiger charge is -2.14. The normalized spacial score (nSPS) is 14.2. The zero-order valence-corrected chi connectivity index (χ0v) is 15.6. The summed E-state index contributed by atoms with van der Waals surface area (Å²) in [4.78, 5) is 6.38. The molecule has 0 heterocycles. The molecule has 0 bridgehead atoms. The fourth-order valence-corrected chi connectivity index (χ4v) is 1.93. The number of allylic oxidation sites excluding steroid dienone is 7. The maximum atomic E-state index is 5.44. The first kappa shape index (κ1) is 21.1. The summed E-state index contributed by atoms with van der Waals surface area (Å²) in [5.41, 5.74) is 1.20. The van der Waals surface area contributed by atoms with E-state index in [1.54, 1.807) is 6.20 Å². The molecule has 0 saturated heterocycles. The Kier molecular flexibility index (Phi) is 12.5. The summed E-state index contributed by atoms with van der Waals surface area (Å²) in [6.45, 7) is 11.8. The summed E-state index contributed by atoms with van der Waals surface area (Å²) < 4.78 is 5.44. The Hall–Kier alpha value is -1.94. The molecule has 4 heteroatoms. The van der Waals surface area contributed by atoms with Crippen LogP contribution in [0.1, 0.15) is 34.1 Å². The molecule has 0 saturated carbocycles. The van der Waals surface area contributed by atoms with Gasteiger partial charge in [-0.2, -0.15) is 0 Å². The van der Waals surface area contributed by atoms with Crippen molar-refractivity contribution in [2.24, 2.45) is 4.99 Å².